The number of rotatable bonds is 5. The van der Waals surface area contributed by atoms with Gasteiger partial charge in [0.05, 0.1) is 6.61 Å². The Morgan fingerprint density at radius 2 is 2.25 bits per heavy atom. The van der Waals surface area contributed by atoms with Crippen molar-refractivity contribution in [3.05, 3.63) is 0 Å². The largest absolute Gasteiger partial charge is 0.379 e. The van der Waals surface area contributed by atoms with E-state index in [9.17, 15) is 0 Å². The van der Waals surface area contributed by atoms with E-state index in [4.69, 9.17) is 4.74 Å². The fourth-order valence-corrected chi connectivity index (χ4v) is 1.57. The second-order valence-corrected chi connectivity index (χ2v) is 4.00. The normalized spacial score (nSPS) is 29.5. The van der Waals surface area contributed by atoms with Gasteiger partial charge in [-0.3, -0.25) is 0 Å². The highest BCUT2D eigenvalue weighted by Crippen LogP contribution is 2.17. The van der Waals surface area contributed by atoms with Crippen LogP contribution in [-0.2, 0) is 4.74 Å². The summed E-state index contributed by atoms with van der Waals surface area (Å²) in [6, 6.07) is 0. The molecule has 1 unspecified atom stereocenters. The summed E-state index contributed by atoms with van der Waals surface area (Å²) in [7, 11) is 0. The molecule has 1 saturated heterocycles. The van der Waals surface area contributed by atoms with Gasteiger partial charge >= 0.3 is 0 Å². The molecule has 12 heavy (non-hydrogen) atoms. The van der Waals surface area contributed by atoms with E-state index in [1.54, 1.807) is 0 Å². The molecule has 2 heteroatoms. The maximum absolute atomic E-state index is 5.35. The first-order chi connectivity index (χ1) is 5.77. The van der Waals surface area contributed by atoms with Gasteiger partial charge in [-0.2, -0.15) is 0 Å². The molecule has 1 heterocycles. The summed E-state index contributed by atoms with van der Waals surface area (Å²) in [6.45, 7) is 7.45. The zero-order valence-corrected chi connectivity index (χ0v) is 8.36. The first-order valence-electron chi connectivity index (χ1n) is 5.10. The van der Waals surface area contributed by atoms with Crippen LogP contribution in [0.2, 0.25) is 0 Å². The van der Waals surface area contributed by atoms with Crippen LogP contribution in [0.4, 0.5) is 0 Å². The molecule has 1 rings (SSSR count). The highest BCUT2D eigenvalue weighted by Gasteiger charge is 2.28. The summed E-state index contributed by atoms with van der Waals surface area (Å²) in [5.41, 5.74) is 0.272. The molecule has 1 fully saturated rings. The topological polar surface area (TPSA) is 21.3 Å². The molecular weight excluding hydrogens is 150 g/mol. The molecule has 1 aliphatic rings. The average molecular weight is 171 g/mol. The summed E-state index contributed by atoms with van der Waals surface area (Å²) in [5, 5.41) is 3.57. The molecule has 0 saturated carbocycles. The van der Waals surface area contributed by atoms with Crippen molar-refractivity contribution in [2.24, 2.45) is 0 Å². The van der Waals surface area contributed by atoms with Gasteiger partial charge in [-0.05, 0) is 26.3 Å². The minimum absolute atomic E-state index is 0.272. The summed E-state index contributed by atoms with van der Waals surface area (Å²) < 4.78 is 5.35. The van der Waals surface area contributed by atoms with Crippen LogP contribution in [0.1, 0.15) is 39.5 Å². The van der Waals surface area contributed by atoms with Crippen molar-refractivity contribution < 1.29 is 4.74 Å². The van der Waals surface area contributed by atoms with Gasteiger partial charge in [-0.25, -0.2) is 0 Å². The average Bonchev–Trinajstić information content (AvgIpc) is 2.47. The Bertz CT molecular complexity index is 119. The fraction of sp³-hybridized carbons (Fsp3) is 1.00. The SMILES string of the molecule is CCCCCNC1(C)CCOC1. The van der Waals surface area contributed by atoms with Crippen LogP contribution in [0.25, 0.3) is 0 Å². The van der Waals surface area contributed by atoms with Gasteiger partial charge < -0.3 is 10.1 Å². The summed E-state index contributed by atoms with van der Waals surface area (Å²) in [5.74, 6) is 0. The van der Waals surface area contributed by atoms with E-state index < -0.39 is 0 Å². The van der Waals surface area contributed by atoms with Gasteiger partial charge in [-0.15, -0.1) is 0 Å². The van der Waals surface area contributed by atoms with E-state index in [-0.39, 0.29) is 5.54 Å². The smallest absolute Gasteiger partial charge is 0.0646 e. The van der Waals surface area contributed by atoms with E-state index in [0.717, 1.165) is 19.8 Å². The molecule has 0 aliphatic carbocycles. The lowest BCUT2D eigenvalue weighted by molar-refractivity contribution is 0.171. The number of nitrogens with one attached hydrogen (secondary N) is 1. The molecule has 0 radical (unpaired) electrons. The third-order valence-electron chi connectivity index (χ3n) is 2.55. The lowest BCUT2D eigenvalue weighted by atomic mass is 10.0. The van der Waals surface area contributed by atoms with E-state index in [2.05, 4.69) is 19.2 Å². The molecule has 0 amide bonds. The zero-order valence-electron chi connectivity index (χ0n) is 8.36. The molecule has 1 atom stereocenters. The number of hydrogen-bond acceptors (Lipinski definition) is 2. The number of ether oxygens (including phenoxy) is 1. The van der Waals surface area contributed by atoms with Gasteiger partial charge in [0.15, 0.2) is 0 Å². The van der Waals surface area contributed by atoms with Crippen LogP contribution in [0.15, 0.2) is 0 Å². The number of hydrogen-bond donors (Lipinski definition) is 1. The predicted octanol–water partition coefficient (Wildman–Crippen LogP) is 1.95. The predicted molar refractivity (Wildman–Crippen MR) is 51.4 cm³/mol. The lowest BCUT2D eigenvalue weighted by Crippen LogP contribution is -2.43. The maximum atomic E-state index is 5.35. The van der Waals surface area contributed by atoms with Gasteiger partial charge in [0, 0.05) is 12.1 Å². The molecule has 2 nitrogen and oxygen atoms in total. The van der Waals surface area contributed by atoms with E-state index in [1.807, 2.05) is 0 Å². The van der Waals surface area contributed by atoms with Gasteiger partial charge in [0.2, 0.25) is 0 Å². The number of unbranched alkanes of at least 4 members (excludes halogenated alkanes) is 2. The molecule has 72 valence electrons. The Balaban J connectivity index is 2.05. The van der Waals surface area contributed by atoms with Gasteiger partial charge in [0.25, 0.3) is 0 Å². The maximum Gasteiger partial charge on any atom is 0.0646 e. The Labute approximate surface area is 75.7 Å². The van der Waals surface area contributed by atoms with Crippen LogP contribution in [0.5, 0.6) is 0 Å². The van der Waals surface area contributed by atoms with Crippen molar-refractivity contribution in [3.8, 4) is 0 Å². The van der Waals surface area contributed by atoms with Gasteiger partial charge in [0.1, 0.15) is 0 Å². The third-order valence-corrected chi connectivity index (χ3v) is 2.55. The lowest BCUT2D eigenvalue weighted by Gasteiger charge is -2.23. The van der Waals surface area contributed by atoms with Crippen LogP contribution in [0, 0.1) is 0 Å². The van der Waals surface area contributed by atoms with E-state index in [1.165, 1.54) is 25.7 Å². The molecule has 0 bridgehead atoms. The molecule has 1 aliphatic heterocycles. The highest BCUT2D eigenvalue weighted by atomic mass is 16.5. The standard InChI is InChI=1S/C10H21NO/c1-3-4-5-7-11-10(2)6-8-12-9-10/h11H,3-9H2,1-2H3. The van der Waals surface area contributed by atoms with Crippen LogP contribution < -0.4 is 5.32 Å². The van der Waals surface area contributed by atoms with Crippen molar-refractivity contribution in [3.63, 3.8) is 0 Å². The van der Waals surface area contributed by atoms with E-state index in [0.29, 0.717) is 0 Å². The monoisotopic (exact) mass is 171 g/mol. The first-order valence-corrected chi connectivity index (χ1v) is 5.10. The van der Waals surface area contributed by atoms with Crippen molar-refractivity contribution in [2.75, 3.05) is 19.8 Å². The van der Waals surface area contributed by atoms with Gasteiger partial charge in [-0.1, -0.05) is 19.8 Å². The van der Waals surface area contributed by atoms with Crippen LogP contribution in [-0.4, -0.2) is 25.3 Å². The molecule has 0 spiro atoms. The summed E-state index contributed by atoms with van der Waals surface area (Å²) in [6.07, 6.45) is 5.10. The second-order valence-electron chi connectivity index (χ2n) is 4.00. The quantitative estimate of drug-likeness (QED) is 0.638. The minimum atomic E-state index is 0.272. The van der Waals surface area contributed by atoms with Crippen molar-refractivity contribution >= 4 is 0 Å². The van der Waals surface area contributed by atoms with Crippen LogP contribution >= 0.6 is 0 Å². The Kier molecular flexibility index (Phi) is 4.02. The van der Waals surface area contributed by atoms with Crippen molar-refractivity contribution in [1.82, 2.24) is 5.32 Å². The summed E-state index contributed by atoms with van der Waals surface area (Å²) in [4.78, 5) is 0. The highest BCUT2D eigenvalue weighted by molar-refractivity contribution is 4.86. The zero-order chi connectivity index (χ0) is 8.86. The Morgan fingerprint density at radius 1 is 1.42 bits per heavy atom. The molecular formula is C10H21NO. The Morgan fingerprint density at radius 3 is 2.83 bits per heavy atom. The van der Waals surface area contributed by atoms with Crippen molar-refractivity contribution in [1.29, 1.82) is 0 Å². The Hall–Kier alpha value is -0.0800. The fourth-order valence-electron chi connectivity index (χ4n) is 1.57. The second kappa shape index (κ2) is 4.83. The third kappa shape index (κ3) is 3.11. The molecule has 0 aromatic carbocycles. The van der Waals surface area contributed by atoms with Crippen LogP contribution in [0.3, 0.4) is 0 Å². The van der Waals surface area contributed by atoms with Crippen molar-refractivity contribution in [2.45, 2.75) is 45.1 Å². The minimum Gasteiger partial charge on any atom is -0.379 e. The van der Waals surface area contributed by atoms with E-state index >= 15 is 0 Å². The first kappa shape index (κ1) is 10.0. The summed E-state index contributed by atoms with van der Waals surface area (Å²) >= 11 is 0. The molecule has 0 aromatic rings. The molecule has 0 aromatic heterocycles. The molecule has 1 N–H and O–H groups in total.